The summed E-state index contributed by atoms with van der Waals surface area (Å²) in [6.45, 7) is 6.41. The number of methoxy groups -OCH3 is 1. The van der Waals surface area contributed by atoms with E-state index < -0.39 is 10.0 Å². The van der Waals surface area contributed by atoms with Gasteiger partial charge in [0.15, 0.2) is 0 Å². The van der Waals surface area contributed by atoms with E-state index in [9.17, 15) is 8.42 Å². The van der Waals surface area contributed by atoms with Crippen molar-refractivity contribution in [2.45, 2.75) is 37.2 Å². The Hall–Kier alpha value is -3.10. The maximum atomic E-state index is 13.6. The van der Waals surface area contributed by atoms with Crippen LogP contribution in [-0.2, 0) is 16.4 Å². The molecule has 0 amide bonds. The van der Waals surface area contributed by atoms with Crippen molar-refractivity contribution < 1.29 is 13.2 Å². The molecule has 2 aliphatic heterocycles. The first-order chi connectivity index (χ1) is 16.4. The lowest BCUT2D eigenvalue weighted by Crippen LogP contribution is -2.54. The van der Waals surface area contributed by atoms with Crippen LogP contribution in [0.15, 0.2) is 65.7 Å². The highest BCUT2D eigenvalue weighted by Crippen LogP contribution is 2.41. The normalized spacial score (nSPS) is 20.3. The van der Waals surface area contributed by atoms with Crippen LogP contribution in [0.1, 0.15) is 19.4 Å². The Morgan fingerprint density at radius 2 is 1.74 bits per heavy atom. The van der Waals surface area contributed by atoms with Gasteiger partial charge in [0.2, 0.25) is 0 Å². The second-order valence-electron chi connectivity index (χ2n) is 9.09. The number of hydrogen-bond acceptors (Lipinski definition) is 6. The summed E-state index contributed by atoms with van der Waals surface area (Å²) in [6.07, 6.45) is 2.39. The fourth-order valence-corrected chi connectivity index (χ4v) is 6.51. The largest absolute Gasteiger partial charge is 0.495 e. The molecule has 1 aromatic heterocycles. The van der Waals surface area contributed by atoms with Crippen molar-refractivity contribution in [2.75, 3.05) is 35.9 Å². The number of sulfonamides is 1. The molecule has 0 spiro atoms. The van der Waals surface area contributed by atoms with E-state index in [-0.39, 0.29) is 4.90 Å². The summed E-state index contributed by atoms with van der Waals surface area (Å²) in [6, 6.07) is 17.3. The molecule has 0 unspecified atom stereocenters. The van der Waals surface area contributed by atoms with E-state index in [4.69, 9.17) is 4.74 Å². The van der Waals surface area contributed by atoms with E-state index >= 15 is 0 Å². The lowest BCUT2D eigenvalue weighted by molar-refractivity contribution is 0.391. The lowest BCUT2D eigenvalue weighted by atomic mass is 10.1. The third-order valence-electron chi connectivity index (χ3n) is 6.53. The van der Waals surface area contributed by atoms with Crippen LogP contribution >= 0.6 is 0 Å². The first-order valence-corrected chi connectivity index (χ1v) is 13.1. The molecule has 1 fully saturated rings. The predicted molar refractivity (Wildman–Crippen MR) is 135 cm³/mol. The highest BCUT2D eigenvalue weighted by Gasteiger charge is 2.33. The maximum absolute atomic E-state index is 13.6. The fourth-order valence-electron chi connectivity index (χ4n) is 5.02. The van der Waals surface area contributed by atoms with Crippen LogP contribution in [0.5, 0.6) is 5.75 Å². The van der Waals surface area contributed by atoms with Crippen LogP contribution in [0.3, 0.4) is 0 Å². The molecule has 2 aromatic carbocycles. The summed E-state index contributed by atoms with van der Waals surface area (Å²) >= 11 is 0. The van der Waals surface area contributed by atoms with Crippen LogP contribution < -0.4 is 19.3 Å². The zero-order valence-corrected chi connectivity index (χ0v) is 20.5. The van der Waals surface area contributed by atoms with Crippen molar-refractivity contribution in [1.82, 2.24) is 10.3 Å². The molecule has 1 N–H and O–H groups in total. The van der Waals surface area contributed by atoms with Crippen molar-refractivity contribution >= 4 is 21.4 Å². The van der Waals surface area contributed by atoms with Crippen molar-refractivity contribution in [3.8, 4) is 17.0 Å². The van der Waals surface area contributed by atoms with E-state index in [2.05, 4.69) is 29.0 Å². The molecule has 0 aliphatic carbocycles. The van der Waals surface area contributed by atoms with Gasteiger partial charge in [0.05, 0.1) is 29.1 Å². The molecule has 7 nitrogen and oxygen atoms in total. The van der Waals surface area contributed by atoms with Gasteiger partial charge in [0.1, 0.15) is 5.75 Å². The van der Waals surface area contributed by atoms with Gasteiger partial charge in [-0.15, -0.1) is 0 Å². The molecule has 2 aliphatic rings. The Labute approximate surface area is 201 Å². The quantitative estimate of drug-likeness (QED) is 0.603. The van der Waals surface area contributed by atoms with Crippen LogP contribution in [0.4, 0.5) is 11.4 Å². The monoisotopic (exact) mass is 478 g/mol. The molecular weight excluding hydrogens is 448 g/mol. The minimum absolute atomic E-state index is 0.279. The number of ether oxygens (including phenoxy) is 1. The maximum Gasteiger partial charge on any atom is 0.264 e. The molecule has 3 aromatic rings. The molecule has 0 saturated carbocycles. The highest BCUT2D eigenvalue weighted by molar-refractivity contribution is 7.92. The van der Waals surface area contributed by atoms with Crippen molar-refractivity contribution in [1.29, 1.82) is 0 Å². The summed E-state index contributed by atoms with van der Waals surface area (Å²) in [7, 11) is -2.02. The molecule has 2 atom stereocenters. The summed E-state index contributed by atoms with van der Waals surface area (Å²) in [4.78, 5) is 6.92. The van der Waals surface area contributed by atoms with Gasteiger partial charge < -0.3 is 15.0 Å². The average molecular weight is 479 g/mol. The molecule has 8 heteroatoms. The van der Waals surface area contributed by atoms with Crippen LogP contribution in [-0.4, -0.2) is 52.2 Å². The Balaban J connectivity index is 1.48. The number of nitrogens with one attached hydrogen (secondary N) is 1. The smallest absolute Gasteiger partial charge is 0.264 e. The van der Waals surface area contributed by atoms with Gasteiger partial charge in [-0.3, -0.25) is 9.29 Å². The average Bonchev–Trinajstić information content (AvgIpc) is 3.27. The number of anilines is 2. The van der Waals surface area contributed by atoms with E-state index in [1.54, 1.807) is 25.4 Å². The Morgan fingerprint density at radius 3 is 2.38 bits per heavy atom. The van der Waals surface area contributed by atoms with E-state index in [1.165, 1.54) is 4.31 Å². The minimum atomic E-state index is -3.70. The summed E-state index contributed by atoms with van der Waals surface area (Å²) < 4.78 is 34.6. The standard InChI is InChI=1S/C26H30N4O3S/c1-18-16-29(17-19(2)28-18)25-15-24-21(14-26(25)33-3)11-13-30(24)34(31,32)22-9-7-20(8-10-22)23-6-4-5-12-27-23/h4-10,12,14-15,18-19,28H,11,13,16-17H2,1-3H3/t18-,19+. The second kappa shape index (κ2) is 8.92. The molecule has 178 valence electrons. The summed E-state index contributed by atoms with van der Waals surface area (Å²) in [5.41, 5.74) is 4.37. The Kier molecular flexibility index (Phi) is 5.95. The second-order valence-corrected chi connectivity index (χ2v) is 11.0. The molecule has 0 bridgehead atoms. The molecule has 0 radical (unpaired) electrons. The van der Waals surface area contributed by atoms with Crippen LogP contribution in [0.2, 0.25) is 0 Å². The van der Waals surface area contributed by atoms with Crippen LogP contribution in [0.25, 0.3) is 11.3 Å². The zero-order chi connectivity index (χ0) is 23.9. The van der Waals surface area contributed by atoms with Gasteiger partial charge in [-0.05, 0) is 62.2 Å². The summed E-state index contributed by atoms with van der Waals surface area (Å²) in [5.74, 6) is 0.791. The van der Waals surface area contributed by atoms with Gasteiger partial charge in [0, 0.05) is 43.5 Å². The van der Waals surface area contributed by atoms with E-state index in [1.807, 2.05) is 42.5 Å². The first-order valence-electron chi connectivity index (χ1n) is 11.6. The van der Waals surface area contributed by atoms with Crippen molar-refractivity contribution in [2.24, 2.45) is 0 Å². The van der Waals surface area contributed by atoms with Gasteiger partial charge in [-0.2, -0.15) is 0 Å². The Bertz CT molecular complexity index is 1270. The Morgan fingerprint density at radius 1 is 1.00 bits per heavy atom. The summed E-state index contributed by atoms with van der Waals surface area (Å²) in [5, 5.41) is 3.55. The number of hydrogen-bond donors (Lipinski definition) is 1. The van der Waals surface area contributed by atoms with E-state index in [0.717, 1.165) is 47.0 Å². The third-order valence-corrected chi connectivity index (χ3v) is 8.36. The van der Waals surface area contributed by atoms with Gasteiger partial charge in [-0.1, -0.05) is 18.2 Å². The fraction of sp³-hybridized carbons (Fsp3) is 0.346. The van der Waals surface area contributed by atoms with Crippen LogP contribution in [0, 0.1) is 0 Å². The van der Waals surface area contributed by atoms with Crippen molar-refractivity contribution in [3.05, 3.63) is 66.4 Å². The highest BCUT2D eigenvalue weighted by atomic mass is 32.2. The molecule has 1 saturated heterocycles. The SMILES string of the molecule is COc1cc2c(cc1N1C[C@@H](C)N[C@@H](C)C1)N(S(=O)(=O)c1ccc(-c3ccccn3)cc1)CC2. The number of benzene rings is 2. The molecule has 34 heavy (non-hydrogen) atoms. The number of aromatic nitrogens is 1. The first kappa shape index (κ1) is 22.7. The van der Waals surface area contributed by atoms with Gasteiger partial charge in [-0.25, -0.2) is 8.42 Å². The molecular formula is C26H30N4O3S. The molecule has 3 heterocycles. The number of piperazine rings is 1. The zero-order valence-electron chi connectivity index (χ0n) is 19.7. The number of fused-ring (bicyclic) bond motifs is 1. The van der Waals surface area contributed by atoms with E-state index in [0.29, 0.717) is 25.0 Å². The predicted octanol–water partition coefficient (Wildman–Crippen LogP) is 3.70. The number of pyridine rings is 1. The van der Waals surface area contributed by atoms with Crippen molar-refractivity contribution in [3.63, 3.8) is 0 Å². The third kappa shape index (κ3) is 4.12. The minimum Gasteiger partial charge on any atom is -0.495 e. The topological polar surface area (TPSA) is 74.8 Å². The number of rotatable bonds is 5. The lowest BCUT2D eigenvalue weighted by Gasteiger charge is -2.38. The molecule has 5 rings (SSSR count). The number of nitrogens with zero attached hydrogens (tertiary/aromatic N) is 3. The van der Waals surface area contributed by atoms with Gasteiger partial charge >= 0.3 is 0 Å². The van der Waals surface area contributed by atoms with Gasteiger partial charge in [0.25, 0.3) is 10.0 Å².